The highest BCUT2D eigenvalue weighted by molar-refractivity contribution is 8.34. The minimum atomic E-state index is -1.82. The molecule has 12 rings (SSSR count). The fourth-order valence-electron chi connectivity index (χ4n) is 9.50. The molecule has 1 aliphatic rings. The van der Waals surface area contributed by atoms with E-state index in [0.717, 1.165) is 5.69 Å². The van der Waals surface area contributed by atoms with Crippen LogP contribution in [0.4, 0.5) is 0 Å². The summed E-state index contributed by atoms with van der Waals surface area (Å²) in [5.74, 6) is 0. The number of fused-ring (bicyclic) bond motifs is 8. The molecular formula is C54H36N2S. The highest BCUT2D eigenvalue weighted by atomic mass is 32.3. The molecule has 0 amide bonds. The van der Waals surface area contributed by atoms with Crippen LogP contribution >= 0.6 is 10.0 Å². The molecule has 0 radical (unpaired) electrons. The molecule has 0 saturated carbocycles. The molecule has 0 spiro atoms. The van der Waals surface area contributed by atoms with Crippen molar-refractivity contribution in [1.82, 2.24) is 9.13 Å². The van der Waals surface area contributed by atoms with Gasteiger partial charge in [0.05, 0.1) is 27.8 Å². The summed E-state index contributed by atoms with van der Waals surface area (Å²) in [6.07, 6.45) is 0. The molecule has 0 atom stereocenters. The number of rotatable bonds is 5. The van der Waals surface area contributed by atoms with E-state index in [0.29, 0.717) is 0 Å². The van der Waals surface area contributed by atoms with Crippen molar-refractivity contribution in [3.05, 3.63) is 218 Å². The molecule has 0 saturated heterocycles. The normalized spacial score (nSPS) is 13.6. The quantitative estimate of drug-likeness (QED) is 0.166. The van der Waals surface area contributed by atoms with Crippen LogP contribution in [0.1, 0.15) is 0 Å². The van der Waals surface area contributed by atoms with Crippen LogP contribution in [0.5, 0.6) is 0 Å². The summed E-state index contributed by atoms with van der Waals surface area (Å²) in [5.41, 5.74) is 12.2. The third-order valence-corrected chi connectivity index (χ3v) is 15.9. The number of para-hydroxylation sites is 2. The van der Waals surface area contributed by atoms with E-state index in [1.807, 2.05) is 0 Å². The summed E-state index contributed by atoms with van der Waals surface area (Å²) in [4.78, 5) is 5.45. The van der Waals surface area contributed by atoms with Gasteiger partial charge in [-0.2, -0.15) is 0 Å². The van der Waals surface area contributed by atoms with E-state index in [2.05, 4.69) is 228 Å². The average molecular weight is 745 g/mol. The van der Waals surface area contributed by atoms with Gasteiger partial charge in [-0.05, 0) is 107 Å². The standard InChI is InChI=1S/C54H36N2S/c1-5-16-37(17-6-1)39-28-31-48-45(34-39)46-35-40(38-18-7-2-8-19-38)29-32-49(46)55(48)41-30-33-50-47(36-41)44-24-15-27-53-54(44)56(50)51-25-13-14-26-52(51)57(53,42-20-9-3-10-21-42)43-22-11-4-12-23-43/h1-36H. The molecular weight excluding hydrogens is 709 g/mol. The van der Waals surface area contributed by atoms with Gasteiger partial charge in [-0.3, -0.25) is 0 Å². The molecule has 3 heteroatoms. The summed E-state index contributed by atoms with van der Waals surface area (Å²) in [6.45, 7) is 0. The molecule has 1 aliphatic heterocycles. The van der Waals surface area contributed by atoms with E-state index in [4.69, 9.17) is 0 Å². The van der Waals surface area contributed by atoms with Gasteiger partial charge in [0.2, 0.25) is 0 Å². The van der Waals surface area contributed by atoms with Crippen molar-refractivity contribution in [2.75, 3.05) is 0 Å². The highest BCUT2D eigenvalue weighted by Crippen LogP contribution is 2.77. The topological polar surface area (TPSA) is 9.86 Å². The molecule has 0 fully saturated rings. The van der Waals surface area contributed by atoms with Gasteiger partial charge in [-0.1, -0.05) is 133 Å². The van der Waals surface area contributed by atoms with Gasteiger partial charge in [0, 0.05) is 46.8 Å². The molecule has 0 N–H and O–H groups in total. The second-order valence-electron chi connectivity index (χ2n) is 14.9. The van der Waals surface area contributed by atoms with E-state index in [-0.39, 0.29) is 0 Å². The summed E-state index contributed by atoms with van der Waals surface area (Å²) >= 11 is 0. The molecule has 11 aromatic rings. The summed E-state index contributed by atoms with van der Waals surface area (Å²) in [5, 5.41) is 5.04. The molecule has 0 bridgehead atoms. The minimum Gasteiger partial charge on any atom is -0.309 e. The molecule has 2 aromatic heterocycles. The van der Waals surface area contributed by atoms with Crippen LogP contribution in [-0.4, -0.2) is 9.13 Å². The van der Waals surface area contributed by atoms with E-state index in [1.54, 1.807) is 0 Å². The van der Waals surface area contributed by atoms with Crippen molar-refractivity contribution in [3.63, 3.8) is 0 Å². The van der Waals surface area contributed by atoms with Crippen molar-refractivity contribution >= 4 is 53.6 Å². The van der Waals surface area contributed by atoms with Crippen LogP contribution in [0.15, 0.2) is 238 Å². The van der Waals surface area contributed by atoms with Gasteiger partial charge >= 0.3 is 0 Å². The van der Waals surface area contributed by atoms with Crippen LogP contribution in [-0.2, 0) is 0 Å². The molecule has 2 nitrogen and oxygen atoms in total. The van der Waals surface area contributed by atoms with Gasteiger partial charge in [0.15, 0.2) is 0 Å². The molecule has 3 heterocycles. The number of hydrogen-bond acceptors (Lipinski definition) is 0. The first-order chi connectivity index (χ1) is 28.3. The maximum Gasteiger partial charge on any atom is 0.0671 e. The monoisotopic (exact) mass is 744 g/mol. The van der Waals surface area contributed by atoms with Gasteiger partial charge in [0.1, 0.15) is 0 Å². The van der Waals surface area contributed by atoms with Crippen LogP contribution < -0.4 is 0 Å². The van der Waals surface area contributed by atoms with Gasteiger partial charge in [0.25, 0.3) is 0 Å². The van der Waals surface area contributed by atoms with Crippen molar-refractivity contribution in [1.29, 1.82) is 0 Å². The predicted octanol–water partition coefficient (Wildman–Crippen LogP) is 14.9. The summed E-state index contributed by atoms with van der Waals surface area (Å²) in [6, 6.07) is 81.0. The Morgan fingerprint density at radius 1 is 0.298 bits per heavy atom. The zero-order chi connectivity index (χ0) is 37.5. The first kappa shape index (κ1) is 32.2. The fraction of sp³-hybridized carbons (Fsp3) is 0. The van der Waals surface area contributed by atoms with Gasteiger partial charge in [-0.25, -0.2) is 0 Å². The maximum absolute atomic E-state index is 2.54. The van der Waals surface area contributed by atoms with Crippen LogP contribution in [0.25, 0.3) is 77.2 Å². The number of benzene rings is 9. The SMILES string of the molecule is c1ccc(-c2ccc3c(c2)c2cc(-c4ccccc4)ccc2n3-c2ccc3c(c2)c2cccc4c2n3-c2ccccc2S4(c2ccccc2)c2ccccc2)cc1. The first-order valence-corrected chi connectivity index (χ1v) is 21.2. The Hall–Kier alpha value is -7.07. The van der Waals surface area contributed by atoms with Crippen molar-refractivity contribution < 1.29 is 0 Å². The molecule has 268 valence electrons. The predicted molar refractivity (Wildman–Crippen MR) is 240 cm³/mol. The zero-order valence-corrected chi connectivity index (χ0v) is 31.9. The van der Waals surface area contributed by atoms with Crippen LogP contribution in [0, 0.1) is 0 Å². The van der Waals surface area contributed by atoms with Crippen LogP contribution in [0.3, 0.4) is 0 Å². The number of hydrogen-bond donors (Lipinski definition) is 0. The van der Waals surface area contributed by atoms with Crippen molar-refractivity contribution in [3.8, 4) is 33.6 Å². The lowest BCUT2D eigenvalue weighted by Crippen LogP contribution is -2.14. The number of aromatic nitrogens is 2. The van der Waals surface area contributed by atoms with E-state index in [9.17, 15) is 0 Å². The Morgan fingerprint density at radius 2 is 0.772 bits per heavy atom. The second kappa shape index (κ2) is 12.5. The Morgan fingerprint density at radius 3 is 1.37 bits per heavy atom. The zero-order valence-electron chi connectivity index (χ0n) is 31.1. The molecule has 0 aliphatic carbocycles. The third kappa shape index (κ3) is 4.61. The minimum absolute atomic E-state index is 1.16. The highest BCUT2D eigenvalue weighted by Gasteiger charge is 2.41. The summed E-state index contributed by atoms with van der Waals surface area (Å²) < 4.78 is 5.01. The molecule has 9 aromatic carbocycles. The van der Waals surface area contributed by atoms with Gasteiger partial charge < -0.3 is 9.13 Å². The van der Waals surface area contributed by atoms with E-state index >= 15 is 0 Å². The fourth-order valence-corrected chi connectivity index (χ4v) is 13.7. The summed E-state index contributed by atoms with van der Waals surface area (Å²) in [7, 11) is -1.82. The maximum atomic E-state index is 2.54. The Balaban J connectivity index is 1.15. The molecule has 57 heavy (non-hydrogen) atoms. The first-order valence-electron chi connectivity index (χ1n) is 19.6. The lowest BCUT2D eigenvalue weighted by molar-refractivity contribution is 1.06. The average Bonchev–Trinajstić information content (AvgIpc) is 3.80. The number of nitrogens with zero attached hydrogens (tertiary/aromatic N) is 2. The largest absolute Gasteiger partial charge is 0.309 e. The van der Waals surface area contributed by atoms with Crippen molar-refractivity contribution in [2.45, 2.75) is 19.6 Å². The molecule has 0 unspecified atom stereocenters. The van der Waals surface area contributed by atoms with Crippen molar-refractivity contribution in [2.24, 2.45) is 0 Å². The Labute approximate surface area is 332 Å². The van der Waals surface area contributed by atoms with Gasteiger partial charge in [-0.15, -0.1) is 10.0 Å². The lowest BCUT2D eigenvalue weighted by Gasteiger charge is -2.46. The van der Waals surface area contributed by atoms with E-state index in [1.165, 1.54) is 91.1 Å². The lowest BCUT2D eigenvalue weighted by atomic mass is 10.0. The Bertz CT molecular complexity index is 3190. The smallest absolute Gasteiger partial charge is 0.0671 e. The van der Waals surface area contributed by atoms with E-state index < -0.39 is 10.0 Å². The second-order valence-corrected chi connectivity index (χ2v) is 18.0. The third-order valence-electron chi connectivity index (χ3n) is 11.9. The van der Waals surface area contributed by atoms with Crippen LogP contribution in [0.2, 0.25) is 0 Å². The Kier molecular flexibility index (Phi) is 7.05.